The van der Waals surface area contributed by atoms with Crippen LogP contribution in [0.25, 0.3) is 0 Å². The van der Waals surface area contributed by atoms with Crippen molar-refractivity contribution in [1.82, 2.24) is 5.32 Å². The summed E-state index contributed by atoms with van der Waals surface area (Å²) in [6, 6.07) is 2.01. The maximum Gasteiger partial charge on any atom is 0.221 e. The van der Waals surface area contributed by atoms with Crippen LogP contribution in [0.2, 0.25) is 0 Å². The topological polar surface area (TPSA) is 62.1 Å². The summed E-state index contributed by atoms with van der Waals surface area (Å²) < 4.78 is 4.92. The van der Waals surface area contributed by atoms with Crippen molar-refractivity contribution in [1.29, 1.82) is 5.26 Å². The Balaban J connectivity index is 3.94. The molecule has 0 spiro atoms. The predicted octanol–water partition coefficient (Wildman–Crippen LogP) is 1.08. The van der Waals surface area contributed by atoms with E-state index in [-0.39, 0.29) is 11.8 Å². The molecule has 1 N–H and O–H groups in total. The summed E-state index contributed by atoms with van der Waals surface area (Å²) in [4.78, 5) is 11.4. The molecule has 80 valence electrons. The average molecular weight is 198 g/mol. The van der Waals surface area contributed by atoms with Crippen LogP contribution in [0, 0.1) is 17.2 Å². The molecule has 1 unspecified atom stereocenters. The third kappa shape index (κ3) is 5.55. The first-order chi connectivity index (χ1) is 6.41. The molecule has 0 heterocycles. The molecule has 0 saturated heterocycles. The number of hydrogen-bond donors (Lipinski definition) is 1. The summed E-state index contributed by atoms with van der Waals surface area (Å²) >= 11 is 0. The molecule has 1 atom stereocenters. The normalized spacial score (nSPS) is 13.1. The van der Waals surface area contributed by atoms with Gasteiger partial charge >= 0.3 is 0 Å². The number of nitrogens with one attached hydrogen (secondary N) is 1. The van der Waals surface area contributed by atoms with Gasteiger partial charge < -0.3 is 10.1 Å². The Morgan fingerprint density at radius 2 is 2.21 bits per heavy atom. The molecule has 0 saturated carbocycles. The zero-order valence-corrected chi connectivity index (χ0v) is 9.26. The zero-order valence-electron chi connectivity index (χ0n) is 9.26. The van der Waals surface area contributed by atoms with Crippen molar-refractivity contribution in [3.63, 3.8) is 0 Å². The number of hydrogen-bond acceptors (Lipinski definition) is 3. The van der Waals surface area contributed by atoms with Crippen LogP contribution in [-0.2, 0) is 9.53 Å². The first-order valence-corrected chi connectivity index (χ1v) is 4.62. The molecule has 0 fully saturated rings. The summed E-state index contributed by atoms with van der Waals surface area (Å²) in [7, 11) is 1.60. The fourth-order valence-electron chi connectivity index (χ4n) is 1.09. The molecule has 0 aliphatic heterocycles. The van der Waals surface area contributed by atoms with Crippen molar-refractivity contribution >= 4 is 5.91 Å². The number of nitriles is 1. The average Bonchev–Trinajstić information content (AvgIpc) is 2.03. The van der Waals surface area contributed by atoms with Gasteiger partial charge in [-0.25, -0.2) is 0 Å². The summed E-state index contributed by atoms with van der Waals surface area (Å²) in [5.74, 6) is 0.0654. The highest BCUT2D eigenvalue weighted by atomic mass is 16.5. The Kier molecular flexibility index (Phi) is 5.18. The van der Waals surface area contributed by atoms with E-state index in [1.807, 2.05) is 13.0 Å². The molecule has 4 heteroatoms. The quantitative estimate of drug-likeness (QED) is 0.719. The third-order valence-corrected chi connectivity index (χ3v) is 1.72. The lowest BCUT2D eigenvalue weighted by Gasteiger charge is -2.18. The van der Waals surface area contributed by atoms with Crippen molar-refractivity contribution in [2.45, 2.75) is 32.7 Å². The van der Waals surface area contributed by atoms with Crippen LogP contribution >= 0.6 is 0 Å². The van der Waals surface area contributed by atoms with E-state index in [2.05, 4.69) is 5.32 Å². The lowest BCUT2D eigenvalue weighted by Crippen LogP contribution is -2.42. The van der Waals surface area contributed by atoms with Gasteiger partial charge in [-0.3, -0.25) is 4.79 Å². The summed E-state index contributed by atoms with van der Waals surface area (Å²) in [6.45, 7) is 5.83. The van der Waals surface area contributed by atoms with Gasteiger partial charge in [-0.1, -0.05) is 6.92 Å². The van der Waals surface area contributed by atoms with Crippen LogP contribution in [-0.4, -0.2) is 25.2 Å². The van der Waals surface area contributed by atoms with Gasteiger partial charge in [-0.05, 0) is 19.8 Å². The minimum Gasteiger partial charge on any atom is -0.384 e. The molecule has 0 aromatic heterocycles. The summed E-state index contributed by atoms with van der Waals surface area (Å²) in [6.07, 6.45) is 0.388. The molecule has 1 amide bonds. The smallest absolute Gasteiger partial charge is 0.221 e. The van der Waals surface area contributed by atoms with Gasteiger partial charge in [0.25, 0.3) is 0 Å². The highest BCUT2D eigenvalue weighted by Gasteiger charge is 2.20. The number of methoxy groups -OCH3 is 1. The fourth-order valence-corrected chi connectivity index (χ4v) is 1.09. The molecule has 0 aromatic carbocycles. The van der Waals surface area contributed by atoms with E-state index >= 15 is 0 Å². The standard InChI is InChI=1S/C10H18N2O2/c1-8(6-14-4)5-9(13)12-10(2,3)7-11/h8H,5-6H2,1-4H3,(H,12,13). The molecule has 0 aliphatic carbocycles. The maximum atomic E-state index is 11.4. The molecule has 0 aromatic rings. The van der Waals surface area contributed by atoms with Crippen molar-refractivity contribution in [3.05, 3.63) is 0 Å². The Bertz CT molecular complexity index is 231. The molecular weight excluding hydrogens is 180 g/mol. The molecule has 0 radical (unpaired) electrons. The van der Waals surface area contributed by atoms with E-state index in [1.54, 1.807) is 21.0 Å². The van der Waals surface area contributed by atoms with E-state index in [9.17, 15) is 4.79 Å². The highest BCUT2D eigenvalue weighted by molar-refractivity contribution is 5.77. The molecular formula is C10H18N2O2. The van der Waals surface area contributed by atoms with Crippen molar-refractivity contribution in [3.8, 4) is 6.07 Å². The second-order valence-corrected chi connectivity index (χ2v) is 4.05. The molecule has 0 aliphatic rings. The zero-order chi connectivity index (χ0) is 11.2. The van der Waals surface area contributed by atoms with Gasteiger partial charge in [0.1, 0.15) is 5.54 Å². The van der Waals surface area contributed by atoms with Crippen LogP contribution in [0.1, 0.15) is 27.2 Å². The van der Waals surface area contributed by atoms with E-state index in [0.717, 1.165) is 0 Å². The first kappa shape index (κ1) is 12.9. The van der Waals surface area contributed by atoms with E-state index < -0.39 is 5.54 Å². The number of ether oxygens (including phenoxy) is 1. The highest BCUT2D eigenvalue weighted by Crippen LogP contribution is 2.05. The SMILES string of the molecule is COCC(C)CC(=O)NC(C)(C)C#N. The van der Waals surface area contributed by atoms with Crippen LogP contribution < -0.4 is 5.32 Å². The van der Waals surface area contributed by atoms with Crippen molar-refractivity contribution in [2.75, 3.05) is 13.7 Å². The number of nitrogens with zero attached hydrogens (tertiary/aromatic N) is 1. The maximum absolute atomic E-state index is 11.4. The molecule has 4 nitrogen and oxygen atoms in total. The van der Waals surface area contributed by atoms with Gasteiger partial charge in [0, 0.05) is 20.1 Å². The lowest BCUT2D eigenvalue weighted by molar-refractivity contribution is -0.123. The van der Waals surface area contributed by atoms with Gasteiger partial charge in [0.15, 0.2) is 0 Å². The molecule has 14 heavy (non-hydrogen) atoms. The fraction of sp³-hybridized carbons (Fsp3) is 0.800. The first-order valence-electron chi connectivity index (χ1n) is 4.62. The van der Waals surface area contributed by atoms with Crippen LogP contribution in [0.3, 0.4) is 0 Å². The van der Waals surface area contributed by atoms with Gasteiger partial charge in [-0.2, -0.15) is 5.26 Å². The van der Waals surface area contributed by atoms with Crippen LogP contribution in [0.5, 0.6) is 0 Å². The lowest BCUT2D eigenvalue weighted by atomic mass is 10.1. The molecule has 0 rings (SSSR count). The van der Waals surface area contributed by atoms with Crippen molar-refractivity contribution in [2.24, 2.45) is 5.92 Å². The number of carbonyl (C=O) groups is 1. The summed E-state index contributed by atoms with van der Waals surface area (Å²) in [5.41, 5.74) is -0.788. The minimum atomic E-state index is -0.788. The Hall–Kier alpha value is -1.08. The number of rotatable bonds is 5. The van der Waals surface area contributed by atoms with Gasteiger partial charge in [0.05, 0.1) is 6.07 Å². The van der Waals surface area contributed by atoms with Gasteiger partial charge in [-0.15, -0.1) is 0 Å². The monoisotopic (exact) mass is 198 g/mol. The van der Waals surface area contributed by atoms with E-state index in [1.165, 1.54) is 0 Å². The van der Waals surface area contributed by atoms with Crippen LogP contribution in [0.15, 0.2) is 0 Å². The summed E-state index contributed by atoms with van der Waals surface area (Å²) in [5, 5.41) is 11.3. The largest absolute Gasteiger partial charge is 0.384 e. The van der Waals surface area contributed by atoms with E-state index in [0.29, 0.717) is 13.0 Å². The predicted molar refractivity (Wildman–Crippen MR) is 53.5 cm³/mol. The second-order valence-electron chi connectivity index (χ2n) is 4.05. The van der Waals surface area contributed by atoms with Crippen molar-refractivity contribution < 1.29 is 9.53 Å². The van der Waals surface area contributed by atoms with Crippen LogP contribution in [0.4, 0.5) is 0 Å². The Morgan fingerprint density at radius 1 is 1.64 bits per heavy atom. The second kappa shape index (κ2) is 5.61. The van der Waals surface area contributed by atoms with Gasteiger partial charge in [0.2, 0.25) is 5.91 Å². The minimum absolute atomic E-state index is 0.110. The Labute approximate surface area is 85.2 Å². The third-order valence-electron chi connectivity index (χ3n) is 1.72. The van der Waals surface area contributed by atoms with E-state index in [4.69, 9.17) is 10.00 Å². The number of carbonyl (C=O) groups excluding carboxylic acids is 1. The Morgan fingerprint density at radius 3 is 2.64 bits per heavy atom. The number of amides is 1. The molecule has 0 bridgehead atoms.